The number of hydrogen-bond donors (Lipinski definition) is 0. The van der Waals surface area contributed by atoms with E-state index in [0.717, 1.165) is 11.2 Å². The Labute approximate surface area is 202 Å². The first-order chi connectivity index (χ1) is 15.0. The van der Waals surface area contributed by atoms with Gasteiger partial charge in [-0.2, -0.15) is 0 Å². The molecule has 11 heteroatoms. The van der Waals surface area contributed by atoms with Gasteiger partial charge >= 0.3 is 13.2 Å². The summed E-state index contributed by atoms with van der Waals surface area (Å²) in [5.41, 5.74) is 0.531. The molecule has 1 aromatic carbocycles. The summed E-state index contributed by atoms with van der Waals surface area (Å²) in [7, 11) is 1.18. The van der Waals surface area contributed by atoms with Gasteiger partial charge in [0.15, 0.2) is 0 Å². The molecular weight excluding hydrogens is 467 g/mol. The number of anilines is 1. The van der Waals surface area contributed by atoms with Crippen LogP contribution in [0.5, 0.6) is 0 Å². The van der Waals surface area contributed by atoms with Gasteiger partial charge in [-0.1, -0.05) is 6.07 Å². The number of halogens is 1. The highest BCUT2D eigenvalue weighted by atomic mass is 35.7. The zero-order chi connectivity index (χ0) is 24.8. The van der Waals surface area contributed by atoms with E-state index >= 15 is 0 Å². The summed E-state index contributed by atoms with van der Waals surface area (Å²) in [5, 5.41) is 0. The molecule has 2 aliphatic rings. The van der Waals surface area contributed by atoms with Crippen LogP contribution in [0.4, 0.5) is 10.5 Å². The number of ether oxygens (including phenoxy) is 1. The molecular formula is C22H34BClN2O6S. The maximum Gasteiger partial charge on any atom is 0.494 e. The molecule has 0 atom stereocenters. The molecule has 184 valence electrons. The minimum Gasteiger partial charge on any atom is -0.444 e. The molecule has 0 bridgehead atoms. The minimum absolute atomic E-state index is 0.299. The van der Waals surface area contributed by atoms with Crippen molar-refractivity contribution in [2.24, 2.45) is 0 Å². The van der Waals surface area contributed by atoms with Crippen molar-refractivity contribution in [1.29, 1.82) is 0 Å². The topological polar surface area (TPSA) is 85.4 Å². The maximum atomic E-state index is 12.4. The third-order valence-corrected chi connectivity index (χ3v) is 7.17. The van der Waals surface area contributed by atoms with E-state index in [1.54, 1.807) is 11.0 Å². The molecule has 1 aromatic rings. The number of benzene rings is 1. The Morgan fingerprint density at radius 2 is 1.61 bits per heavy atom. The Balaban J connectivity index is 1.83. The van der Waals surface area contributed by atoms with Gasteiger partial charge in [0.1, 0.15) is 5.60 Å². The number of piperazine rings is 1. The van der Waals surface area contributed by atoms with Crippen LogP contribution in [0.25, 0.3) is 0 Å². The number of carbonyl (C=O) groups is 1. The first kappa shape index (κ1) is 26.1. The van der Waals surface area contributed by atoms with E-state index in [1.165, 1.54) is 0 Å². The van der Waals surface area contributed by atoms with Crippen LogP contribution in [0, 0.1) is 0 Å². The fourth-order valence-electron chi connectivity index (χ4n) is 3.75. The van der Waals surface area contributed by atoms with E-state index in [1.807, 2.05) is 60.6 Å². The highest BCUT2D eigenvalue weighted by molar-refractivity contribution is 8.13. The maximum absolute atomic E-state index is 12.4. The molecule has 2 aliphatic heterocycles. The number of rotatable bonds is 4. The lowest BCUT2D eigenvalue weighted by Gasteiger charge is -2.37. The highest BCUT2D eigenvalue weighted by Gasteiger charge is 2.51. The van der Waals surface area contributed by atoms with E-state index in [2.05, 4.69) is 4.90 Å². The van der Waals surface area contributed by atoms with Crippen molar-refractivity contribution in [1.82, 2.24) is 4.90 Å². The van der Waals surface area contributed by atoms with Gasteiger partial charge in [0.05, 0.1) is 17.0 Å². The molecule has 0 N–H and O–H groups in total. The van der Waals surface area contributed by atoms with Gasteiger partial charge in [0.25, 0.3) is 0 Å². The summed E-state index contributed by atoms with van der Waals surface area (Å²) >= 11 is 0. The molecule has 8 nitrogen and oxygen atoms in total. The van der Waals surface area contributed by atoms with Crippen LogP contribution in [-0.4, -0.2) is 69.5 Å². The fraction of sp³-hybridized carbons (Fsp3) is 0.682. The molecule has 0 aromatic heterocycles. The van der Waals surface area contributed by atoms with Gasteiger partial charge in [0, 0.05) is 42.5 Å². The Hall–Kier alpha value is -1.49. The molecule has 0 radical (unpaired) electrons. The minimum atomic E-state index is -3.75. The van der Waals surface area contributed by atoms with Crippen LogP contribution in [-0.2, 0) is 28.8 Å². The van der Waals surface area contributed by atoms with Gasteiger partial charge < -0.3 is 23.8 Å². The van der Waals surface area contributed by atoms with Crippen molar-refractivity contribution in [2.75, 3.05) is 31.1 Å². The molecule has 2 heterocycles. The van der Waals surface area contributed by atoms with Gasteiger partial charge in [-0.15, -0.1) is 0 Å². The van der Waals surface area contributed by atoms with Crippen LogP contribution in [0.15, 0.2) is 18.2 Å². The van der Waals surface area contributed by atoms with Gasteiger partial charge in [-0.25, -0.2) is 13.2 Å². The fourth-order valence-corrected chi connectivity index (χ4v) is 4.70. The van der Waals surface area contributed by atoms with E-state index in [9.17, 15) is 13.2 Å². The standard InChI is InChI=1S/C22H34BClN2O6S/c1-20(2,3)30-19(27)26-10-8-25(9-11-26)18-13-16(15-33(24,28)29)12-17(14-18)23-31-21(4,5)22(6,7)32-23/h12-14H,8-11,15H2,1-7H3. The van der Waals surface area contributed by atoms with Gasteiger partial charge in [-0.05, 0) is 71.6 Å². The van der Waals surface area contributed by atoms with Crippen LogP contribution in [0.3, 0.4) is 0 Å². The van der Waals surface area contributed by atoms with Gasteiger partial charge in [0.2, 0.25) is 9.05 Å². The first-order valence-electron chi connectivity index (χ1n) is 11.1. The van der Waals surface area contributed by atoms with Crippen molar-refractivity contribution in [3.8, 4) is 0 Å². The third-order valence-electron chi connectivity index (χ3n) is 6.16. The number of carbonyl (C=O) groups excluding carboxylic acids is 1. The summed E-state index contributed by atoms with van der Waals surface area (Å²) < 4.78 is 41.4. The highest BCUT2D eigenvalue weighted by Crippen LogP contribution is 2.37. The van der Waals surface area contributed by atoms with E-state index in [0.29, 0.717) is 31.7 Å². The Morgan fingerprint density at radius 1 is 1.06 bits per heavy atom. The van der Waals surface area contributed by atoms with Crippen LogP contribution in [0.1, 0.15) is 54.0 Å². The van der Waals surface area contributed by atoms with E-state index in [4.69, 9.17) is 24.7 Å². The molecule has 2 saturated heterocycles. The Kier molecular flexibility index (Phi) is 7.08. The molecule has 0 unspecified atom stereocenters. The Morgan fingerprint density at radius 3 is 2.09 bits per heavy atom. The average Bonchev–Trinajstić information content (AvgIpc) is 2.86. The Bertz CT molecular complexity index is 985. The summed E-state index contributed by atoms with van der Waals surface area (Å²) in [6.45, 7) is 15.6. The second-order valence-electron chi connectivity index (χ2n) is 10.7. The number of nitrogens with zero attached hydrogens (tertiary/aromatic N) is 2. The summed E-state index contributed by atoms with van der Waals surface area (Å²) in [6, 6.07) is 5.54. The molecule has 0 saturated carbocycles. The lowest BCUT2D eigenvalue weighted by atomic mass is 9.78. The molecule has 2 fully saturated rings. The molecule has 0 aliphatic carbocycles. The zero-order valence-electron chi connectivity index (χ0n) is 20.5. The number of amides is 1. The van der Waals surface area contributed by atoms with E-state index in [-0.39, 0.29) is 11.8 Å². The van der Waals surface area contributed by atoms with Gasteiger partial charge in [-0.3, -0.25) is 0 Å². The van der Waals surface area contributed by atoms with Crippen molar-refractivity contribution >= 4 is 44.1 Å². The second kappa shape index (κ2) is 8.94. The molecule has 1 amide bonds. The molecule has 3 rings (SSSR count). The van der Waals surface area contributed by atoms with Crippen molar-refractivity contribution in [2.45, 2.75) is 71.0 Å². The smallest absolute Gasteiger partial charge is 0.444 e. The predicted molar refractivity (Wildman–Crippen MR) is 131 cm³/mol. The van der Waals surface area contributed by atoms with Crippen LogP contribution < -0.4 is 10.4 Å². The summed E-state index contributed by atoms with van der Waals surface area (Å²) in [5.74, 6) is -0.299. The zero-order valence-corrected chi connectivity index (χ0v) is 22.0. The lowest BCUT2D eigenvalue weighted by molar-refractivity contribution is 0.00578. The second-order valence-corrected chi connectivity index (χ2v) is 13.4. The molecule has 0 spiro atoms. The van der Waals surface area contributed by atoms with Crippen LogP contribution in [0.2, 0.25) is 0 Å². The molecule has 33 heavy (non-hydrogen) atoms. The largest absolute Gasteiger partial charge is 0.494 e. The summed E-state index contributed by atoms with van der Waals surface area (Å²) in [6.07, 6.45) is -0.331. The quantitative estimate of drug-likeness (QED) is 0.464. The van der Waals surface area contributed by atoms with Crippen molar-refractivity contribution in [3.63, 3.8) is 0 Å². The normalized spacial score (nSPS) is 20.8. The SMILES string of the molecule is CC(C)(C)OC(=O)N1CCN(c2cc(CS(=O)(=O)Cl)cc(B3OC(C)(C)C(C)(C)O3)c2)CC1. The summed E-state index contributed by atoms with van der Waals surface area (Å²) in [4.78, 5) is 16.2. The number of hydrogen-bond acceptors (Lipinski definition) is 7. The van der Waals surface area contributed by atoms with Crippen molar-refractivity contribution < 1.29 is 27.3 Å². The monoisotopic (exact) mass is 500 g/mol. The average molecular weight is 501 g/mol. The van der Waals surface area contributed by atoms with Crippen molar-refractivity contribution in [3.05, 3.63) is 23.8 Å². The predicted octanol–water partition coefficient (Wildman–Crippen LogP) is 3.11. The third kappa shape index (κ3) is 6.56. The van der Waals surface area contributed by atoms with Crippen LogP contribution >= 0.6 is 10.7 Å². The van der Waals surface area contributed by atoms with E-state index < -0.39 is 33.0 Å². The lowest BCUT2D eigenvalue weighted by Crippen LogP contribution is -2.50. The first-order valence-corrected chi connectivity index (χ1v) is 13.6.